The molecule has 24 heavy (non-hydrogen) atoms. The first kappa shape index (κ1) is 16.4. The van der Waals surface area contributed by atoms with Crippen molar-refractivity contribution in [2.24, 2.45) is 0 Å². The van der Waals surface area contributed by atoms with Gasteiger partial charge < -0.3 is 20.3 Å². The van der Waals surface area contributed by atoms with Crippen LogP contribution < -0.4 is 5.73 Å². The second-order valence-corrected chi connectivity index (χ2v) is 6.87. The van der Waals surface area contributed by atoms with Crippen molar-refractivity contribution >= 4 is 23.6 Å². The molecule has 0 unspecified atom stereocenters. The highest BCUT2D eigenvalue weighted by atomic mass is 16.6. The average Bonchev–Trinajstić information content (AvgIpc) is 2.94. The van der Waals surface area contributed by atoms with Crippen molar-refractivity contribution in [3.8, 4) is 0 Å². The topological polar surface area (TPSA) is 115 Å². The molecule has 3 rings (SSSR count). The SMILES string of the molecule is CC(C)(C)OC(=O)[N+]1=C(C(=O)O)Cc2c(nc(N)c3c2COC3)C1. The van der Waals surface area contributed by atoms with Gasteiger partial charge in [0.05, 0.1) is 19.6 Å². The quantitative estimate of drug-likeness (QED) is 0.742. The van der Waals surface area contributed by atoms with E-state index in [9.17, 15) is 14.7 Å². The van der Waals surface area contributed by atoms with Gasteiger partial charge in [0.25, 0.3) is 5.71 Å². The number of anilines is 1. The van der Waals surface area contributed by atoms with E-state index in [0.29, 0.717) is 24.7 Å². The summed E-state index contributed by atoms with van der Waals surface area (Å²) in [5.74, 6) is -0.792. The number of nitrogen functional groups attached to an aromatic ring is 1. The fourth-order valence-corrected chi connectivity index (χ4v) is 2.91. The van der Waals surface area contributed by atoms with Gasteiger partial charge in [0, 0.05) is 5.56 Å². The van der Waals surface area contributed by atoms with E-state index in [1.165, 1.54) is 0 Å². The summed E-state index contributed by atoms with van der Waals surface area (Å²) in [5, 5.41) is 9.52. The van der Waals surface area contributed by atoms with Crippen LogP contribution in [0.2, 0.25) is 0 Å². The zero-order valence-electron chi connectivity index (χ0n) is 13.9. The number of fused-ring (bicyclic) bond motifs is 3. The van der Waals surface area contributed by atoms with Crippen LogP contribution in [0, 0.1) is 0 Å². The van der Waals surface area contributed by atoms with E-state index < -0.39 is 17.7 Å². The maximum Gasteiger partial charge on any atom is 0.597 e. The summed E-state index contributed by atoms with van der Waals surface area (Å²) in [4.78, 5) is 28.4. The van der Waals surface area contributed by atoms with E-state index >= 15 is 0 Å². The average molecular weight is 334 g/mol. The number of hydrogen-bond donors (Lipinski definition) is 2. The van der Waals surface area contributed by atoms with Crippen molar-refractivity contribution in [3.05, 3.63) is 22.4 Å². The molecule has 0 bridgehead atoms. The van der Waals surface area contributed by atoms with Gasteiger partial charge in [-0.2, -0.15) is 4.79 Å². The minimum Gasteiger partial charge on any atom is -0.474 e. The maximum absolute atomic E-state index is 12.4. The fourth-order valence-electron chi connectivity index (χ4n) is 2.91. The lowest BCUT2D eigenvalue weighted by Gasteiger charge is -2.21. The molecule has 0 aromatic carbocycles. The Bertz CT molecular complexity index is 777. The number of carbonyl (C=O) groups excluding carboxylic acids is 1. The predicted molar refractivity (Wildman–Crippen MR) is 83.7 cm³/mol. The lowest BCUT2D eigenvalue weighted by Crippen LogP contribution is -2.41. The van der Waals surface area contributed by atoms with Gasteiger partial charge in [-0.15, -0.1) is 4.58 Å². The van der Waals surface area contributed by atoms with Gasteiger partial charge in [-0.1, -0.05) is 0 Å². The summed E-state index contributed by atoms with van der Waals surface area (Å²) in [6, 6.07) is 0. The van der Waals surface area contributed by atoms with Crippen LogP contribution in [-0.2, 0) is 40.4 Å². The lowest BCUT2D eigenvalue weighted by molar-refractivity contribution is -0.470. The highest BCUT2D eigenvalue weighted by molar-refractivity contribution is 6.34. The molecule has 2 aliphatic rings. The number of pyridine rings is 1. The van der Waals surface area contributed by atoms with Crippen LogP contribution in [-0.4, -0.2) is 38.0 Å². The number of aliphatic carboxylic acids is 1. The van der Waals surface area contributed by atoms with E-state index in [1.807, 2.05) is 0 Å². The zero-order chi connectivity index (χ0) is 17.6. The normalized spacial score (nSPS) is 16.6. The molecular weight excluding hydrogens is 314 g/mol. The molecule has 3 N–H and O–H groups in total. The summed E-state index contributed by atoms with van der Waals surface area (Å²) in [6.45, 7) is 5.95. The van der Waals surface area contributed by atoms with Crippen LogP contribution in [0.15, 0.2) is 0 Å². The largest absolute Gasteiger partial charge is 0.597 e. The van der Waals surface area contributed by atoms with Gasteiger partial charge in [0.1, 0.15) is 17.1 Å². The standard InChI is InChI=1S/C16H19N3O5/c1-16(2,3)24-15(22)19-5-11-8(4-12(19)14(20)21)9-6-23-7-10(9)13(17)18-11/h4-7H2,1-3H3,(H2-,17,18,20,21)/p+1. The van der Waals surface area contributed by atoms with Crippen molar-refractivity contribution in [2.75, 3.05) is 5.73 Å². The first-order chi connectivity index (χ1) is 11.2. The summed E-state index contributed by atoms with van der Waals surface area (Å²) < 4.78 is 11.8. The molecule has 0 radical (unpaired) electrons. The molecule has 0 saturated carbocycles. The number of carbonyl (C=O) groups is 2. The molecule has 0 atom stereocenters. The minimum absolute atomic E-state index is 0.0172. The van der Waals surface area contributed by atoms with Gasteiger partial charge in [-0.25, -0.2) is 9.78 Å². The molecule has 2 aliphatic heterocycles. The third-order valence-corrected chi connectivity index (χ3v) is 3.97. The lowest BCUT2D eigenvalue weighted by atomic mass is 9.95. The van der Waals surface area contributed by atoms with Crippen LogP contribution in [0.5, 0.6) is 0 Å². The Morgan fingerprint density at radius 2 is 1.92 bits per heavy atom. The van der Waals surface area contributed by atoms with Gasteiger partial charge in [-0.05, 0) is 31.9 Å². The Kier molecular flexibility index (Phi) is 3.79. The van der Waals surface area contributed by atoms with Gasteiger partial charge in [0.2, 0.25) is 0 Å². The van der Waals surface area contributed by atoms with Gasteiger partial charge >= 0.3 is 12.1 Å². The second kappa shape index (κ2) is 5.55. The Labute approximate surface area is 138 Å². The van der Waals surface area contributed by atoms with E-state index in [2.05, 4.69) is 4.98 Å². The Hall–Kier alpha value is -2.48. The molecule has 1 amide bonds. The molecule has 8 heteroatoms. The fraction of sp³-hybridized carbons (Fsp3) is 0.500. The van der Waals surface area contributed by atoms with E-state index in [-0.39, 0.29) is 18.7 Å². The first-order valence-corrected chi connectivity index (χ1v) is 7.63. The third kappa shape index (κ3) is 2.84. The van der Waals surface area contributed by atoms with Gasteiger partial charge in [-0.3, -0.25) is 0 Å². The van der Waals surface area contributed by atoms with Crippen LogP contribution >= 0.6 is 0 Å². The van der Waals surface area contributed by atoms with Crippen LogP contribution in [0.1, 0.15) is 43.2 Å². The van der Waals surface area contributed by atoms with Crippen molar-refractivity contribution in [1.29, 1.82) is 0 Å². The monoisotopic (exact) mass is 334 g/mol. The number of ether oxygens (including phenoxy) is 2. The molecule has 0 aliphatic carbocycles. The minimum atomic E-state index is -1.16. The predicted octanol–water partition coefficient (Wildman–Crippen LogP) is 1.22. The molecule has 1 aromatic rings. The highest BCUT2D eigenvalue weighted by Crippen LogP contribution is 2.32. The second-order valence-electron chi connectivity index (χ2n) is 6.87. The molecule has 1 aromatic heterocycles. The van der Waals surface area contributed by atoms with E-state index in [1.54, 1.807) is 20.8 Å². The molecular formula is C16H20N3O5+. The third-order valence-electron chi connectivity index (χ3n) is 3.97. The number of hydrogen-bond acceptors (Lipinski definition) is 6. The van der Waals surface area contributed by atoms with Crippen molar-refractivity contribution in [3.63, 3.8) is 0 Å². The van der Waals surface area contributed by atoms with E-state index in [0.717, 1.165) is 21.3 Å². The zero-order valence-corrected chi connectivity index (χ0v) is 13.9. The molecule has 128 valence electrons. The summed E-state index contributed by atoms with van der Waals surface area (Å²) in [7, 11) is 0. The van der Waals surface area contributed by atoms with Crippen molar-refractivity contribution in [1.82, 2.24) is 4.98 Å². The molecule has 0 saturated heterocycles. The number of carboxylic acid groups (broad SMARTS) is 1. The number of nitrogens with zero attached hydrogens (tertiary/aromatic N) is 2. The summed E-state index contributed by atoms with van der Waals surface area (Å²) in [5.41, 5.74) is 8.29. The summed E-state index contributed by atoms with van der Waals surface area (Å²) in [6.07, 6.45) is -0.620. The van der Waals surface area contributed by atoms with Crippen molar-refractivity contribution in [2.45, 2.75) is 52.6 Å². The molecule has 8 nitrogen and oxygen atoms in total. The Morgan fingerprint density at radius 3 is 2.54 bits per heavy atom. The number of aromatic nitrogens is 1. The number of carboxylic acids is 1. The molecule has 0 fully saturated rings. The molecule has 3 heterocycles. The highest BCUT2D eigenvalue weighted by Gasteiger charge is 2.40. The molecule has 0 spiro atoms. The number of nitrogens with two attached hydrogens (primary N) is 1. The maximum atomic E-state index is 12.4. The smallest absolute Gasteiger partial charge is 0.474 e. The van der Waals surface area contributed by atoms with Crippen LogP contribution in [0.3, 0.4) is 0 Å². The Balaban J connectivity index is 2.05. The van der Waals surface area contributed by atoms with Gasteiger partial charge in [0.15, 0.2) is 6.54 Å². The van der Waals surface area contributed by atoms with Crippen LogP contribution in [0.25, 0.3) is 0 Å². The Morgan fingerprint density at radius 1 is 1.25 bits per heavy atom. The first-order valence-electron chi connectivity index (χ1n) is 7.63. The van der Waals surface area contributed by atoms with E-state index in [4.69, 9.17) is 15.2 Å². The summed E-state index contributed by atoms with van der Waals surface area (Å²) >= 11 is 0. The number of amides is 1. The van der Waals surface area contributed by atoms with Crippen LogP contribution in [0.4, 0.5) is 10.6 Å². The number of rotatable bonds is 1. The van der Waals surface area contributed by atoms with Crippen molar-refractivity contribution < 1.29 is 28.7 Å².